The van der Waals surface area contributed by atoms with E-state index in [9.17, 15) is 4.79 Å². The lowest BCUT2D eigenvalue weighted by Gasteiger charge is -2.44. The quantitative estimate of drug-likeness (QED) is 0.751. The number of nitrogens with zero attached hydrogens (tertiary/aromatic N) is 1. The second-order valence-electron chi connectivity index (χ2n) is 7.59. The van der Waals surface area contributed by atoms with E-state index in [1.165, 1.54) is 5.56 Å². The number of methoxy groups -OCH3 is 1. The standard InChI is InChI=1S/C22H25NO2/c1-21(2)17-12-8-6-10-15(17)18(23-22(21,3)4)14-19(24)16-11-7-9-13-20(16)25-5/h6-13H,14H2,1-5H3. The van der Waals surface area contributed by atoms with Crippen LogP contribution in [-0.2, 0) is 5.41 Å². The van der Waals surface area contributed by atoms with Crippen molar-refractivity contribution in [3.8, 4) is 5.75 Å². The van der Waals surface area contributed by atoms with Gasteiger partial charge in [-0.1, -0.05) is 50.2 Å². The molecule has 130 valence electrons. The van der Waals surface area contributed by atoms with Gasteiger partial charge < -0.3 is 4.74 Å². The van der Waals surface area contributed by atoms with Gasteiger partial charge in [-0.3, -0.25) is 9.79 Å². The SMILES string of the molecule is COc1ccccc1C(=O)CC1=NC(C)(C)C(C)(C)c2ccccc21. The lowest BCUT2D eigenvalue weighted by Crippen LogP contribution is -2.46. The minimum Gasteiger partial charge on any atom is -0.496 e. The first-order chi connectivity index (χ1) is 11.8. The van der Waals surface area contributed by atoms with Crippen LogP contribution in [0.5, 0.6) is 5.75 Å². The van der Waals surface area contributed by atoms with Crippen molar-refractivity contribution >= 4 is 11.5 Å². The fourth-order valence-electron chi connectivity index (χ4n) is 3.40. The minimum atomic E-state index is -0.280. The number of carbonyl (C=O) groups is 1. The highest BCUT2D eigenvalue weighted by atomic mass is 16.5. The summed E-state index contributed by atoms with van der Waals surface area (Å²) in [7, 11) is 1.59. The van der Waals surface area contributed by atoms with Crippen molar-refractivity contribution in [2.24, 2.45) is 4.99 Å². The molecule has 1 heterocycles. The van der Waals surface area contributed by atoms with Crippen LogP contribution in [0.1, 0.15) is 55.6 Å². The number of rotatable bonds is 4. The Morgan fingerprint density at radius 3 is 2.36 bits per heavy atom. The number of aliphatic imine (C=N–C) groups is 1. The highest BCUT2D eigenvalue weighted by Crippen LogP contribution is 2.43. The first-order valence-corrected chi connectivity index (χ1v) is 8.63. The normalized spacial score (nSPS) is 17.4. The number of hydrogen-bond acceptors (Lipinski definition) is 3. The van der Waals surface area contributed by atoms with Gasteiger partial charge in [0.15, 0.2) is 5.78 Å². The topological polar surface area (TPSA) is 38.7 Å². The molecule has 0 N–H and O–H groups in total. The van der Waals surface area contributed by atoms with Gasteiger partial charge in [-0.15, -0.1) is 0 Å². The zero-order valence-electron chi connectivity index (χ0n) is 15.6. The Bertz CT molecular complexity index is 847. The highest BCUT2D eigenvalue weighted by Gasteiger charge is 2.43. The van der Waals surface area contributed by atoms with Crippen molar-refractivity contribution in [1.82, 2.24) is 0 Å². The zero-order valence-corrected chi connectivity index (χ0v) is 15.6. The van der Waals surface area contributed by atoms with E-state index in [0.717, 1.165) is 11.3 Å². The first kappa shape index (κ1) is 17.4. The van der Waals surface area contributed by atoms with E-state index in [1.54, 1.807) is 7.11 Å². The predicted octanol–water partition coefficient (Wildman–Crippen LogP) is 4.83. The van der Waals surface area contributed by atoms with Crippen LogP contribution in [0.2, 0.25) is 0 Å². The summed E-state index contributed by atoms with van der Waals surface area (Å²) in [5.41, 5.74) is 3.41. The van der Waals surface area contributed by atoms with Crippen LogP contribution >= 0.6 is 0 Å². The lowest BCUT2D eigenvalue weighted by molar-refractivity contribution is 0.0997. The number of ketones is 1. The van der Waals surface area contributed by atoms with Crippen LogP contribution in [-0.4, -0.2) is 24.1 Å². The van der Waals surface area contributed by atoms with Crippen molar-refractivity contribution in [1.29, 1.82) is 0 Å². The molecule has 0 bridgehead atoms. The molecule has 25 heavy (non-hydrogen) atoms. The summed E-state index contributed by atoms with van der Waals surface area (Å²) in [6.07, 6.45) is 0.275. The van der Waals surface area contributed by atoms with Gasteiger partial charge in [-0.2, -0.15) is 0 Å². The Labute approximate surface area is 149 Å². The highest BCUT2D eigenvalue weighted by molar-refractivity contribution is 6.17. The number of Topliss-reactive ketones (excluding diaryl/α,β-unsaturated/α-hetero) is 1. The lowest BCUT2D eigenvalue weighted by atomic mass is 9.66. The number of hydrogen-bond donors (Lipinski definition) is 0. The predicted molar refractivity (Wildman–Crippen MR) is 102 cm³/mol. The molecule has 0 amide bonds. The Balaban J connectivity index is 2.03. The zero-order chi connectivity index (χ0) is 18.2. The average molecular weight is 335 g/mol. The van der Waals surface area contributed by atoms with Crippen molar-refractivity contribution in [2.45, 2.75) is 45.1 Å². The van der Waals surface area contributed by atoms with Crippen LogP contribution in [0.25, 0.3) is 0 Å². The van der Waals surface area contributed by atoms with Crippen molar-refractivity contribution < 1.29 is 9.53 Å². The van der Waals surface area contributed by atoms with E-state index in [4.69, 9.17) is 9.73 Å². The maximum absolute atomic E-state index is 12.9. The molecular formula is C22H25NO2. The molecule has 0 saturated carbocycles. The molecular weight excluding hydrogens is 310 g/mol. The monoisotopic (exact) mass is 335 g/mol. The fraction of sp³-hybridized carbons (Fsp3) is 0.364. The van der Waals surface area contributed by atoms with Gasteiger partial charge in [-0.25, -0.2) is 0 Å². The molecule has 0 aromatic heterocycles. The summed E-state index contributed by atoms with van der Waals surface area (Å²) >= 11 is 0. The maximum Gasteiger partial charge on any atom is 0.172 e. The molecule has 0 spiro atoms. The van der Waals surface area contributed by atoms with Gasteiger partial charge in [-0.05, 0) is 37.1 Å². The third kappa shape index (κ3) is 2.88. The van der Waals surface area contributed by atoms with E-state index in [1.807, 2.05) is 30.3 Å². The fourth-order valence-corrected chi connectivity index (χ4v) is 3.40. The van der Waals surface area contributed by atoms with Crippen LogP contribution in [0.15, 0.2) is 53.5 Å². The van der Waals surface area contributed by atoms with E-state index in [-0.39, 0.29) is 23.2 Å². The van der Waals surface area contributed by atoms with Crippen molar-refractivity contribution in [2.75, 3.05) is 7.11 Å². The molecule has 1 aliphatic heterocycles. The van der Waals surface area contributed by atoms with Gasteiger partial charge >= 0.3 is 0 Å². The summed E-state index contributed by atoms with van der Waals surface area (Å²) in [6.45, 7) is 8.70. The summed E-state index contributed by atoms with van der Waals surface area (Å²) in [5.74, 6) is 0.637. The second kappa shape index (κ2) is 6.14. The molecule has 0 unspecified atom stereocenters. The summed E-state index contributed by atoms with van der Waals surface area (Å²) < 4.78 is 5.34. The van der Waals surface area contributed by atoms with Crippen LogP contribution in [0, 0.1) is 0 Å². The molecule has 3 nitrogen and oxygen atoms in total. The summed E-state index contributed by atoms with van der Waals surface area (Å²) in [6, 6.07) is 15.6. The van der Waals surface area contributed by atoms with Gasteiger partial charge in [0.25, 0.3) is 0 Å². The molecule has 0 atom stereocenters. The number of ether oxygens (including phenoxy) is 1. The third-order valence-corrected chi connectivity index (χ3v) is 5.59. The molecule has 1 aliphatic rings. The molecule has 0 saturated heterocycles. The second-order valence-corrected chi connectivity index (χ2v) is 7.59. The molecule has 3 heteroatoms. The van der Waals surface area contributed by atoms with Crippen molar-refractivity contribution in [3.05, 3.63) is 65.2 Å². The van der Waals surface area contributed by atoms with E-state index >= 15 is 0 Å². The van der Waals surface area contributed by atoms with Gasteiger partial charge in [0.2, 0.25) is 0 Å². The van der Waals surface area contributed by atoms with E-state index in [0.29, 0.717) is 11.3 Å². The largest absolute Gasteiger partial charge is 0.496 e. The van der Waals surface area contributed by atoms with Crippen LogP contribution in [0.3, 0.4) is 0 Å². The molecule has 2 aromatic rings. The number of fused-ring (bicyclic) bond motifs is 1. The summed E-state index contributed by atoms with van der Waals surface area (Å²) in [5, 5.41) is 0. The number of para-hydroxylation sites is 1. The first-order valence-electron chi connectivity index (χ1n) is 8.63. The molecule has 2 aromatic carbocycles. The Hall–Kier alpha value is -2.42. The van der Waals surface area contributed by atoms with Crippen LogP contribution < -0.4 is 4.74 Å². The average Bonchev–Trinajstić information content (AvgIpc) is 2.59. The van der Waals surface area contributed by atoms with Crippen LogP contribution in [0.4, 0.5) is 0 Å². The number of benzene rings is 2. The molecule has 3 rings (SSSR count). The molecule has 0 aliphatic carbocycles. The van der Waals surface area contributed by atoms with Gasteiger partial charge in [0.05, 0.1) is 30.3 Å². The smallest absolute Gasteiger partial charge is 0.172 e. The van der Waals surface area contributed by atoms with Crippen molar-refractivity contribution in [3.63, 3.8) is 0 Å². The van der Waals surface area contributed by atoms with Gasteiger partial charge in [0.1, 0.15) is 5.75 Å². The Kier molecular flexibility index (Phi) is 4.28. The summed E-state index contributed by atoms with van der Waals surface area (Å²) in [4.78, 5) is 17.9. The molecule has 0 fully saturated rings. The Morgan fingerprint density at radius 2 is 1.64 bits per heavy atom. The van der Waals surface area contributed by atoms with Gasteiger partial charge in [0, 0.05) is 5.41 Å². The van der Waals surface area contributed by atoms with E-state index in [2.05, 4.69) is 45.9 Å². The molecule has 0 radical (unpaired) electrons. The maximum atomic E-state index is 12.9. The van der Waals surface area contributed by atoms with E-state index < -0.39 is 0 Å². The number of carbonyl (C=O) groups excluding carboxylic acids is 1. The minimum absolute atomic E-state index is 0.0292. The Morgan fingerprint density at radius 1 is 1.00 bits per heavy atom. The third-order valence-electron chi connectivity index (χ3n) is 5.59.